The Hall–Kier alpha value is -2.89. The second-order valence-electron chi connectivity index (χ2n) is 7.28. The van der Waals surface area contributed by atoms with Gasteiger partial charge in [-0.3, -0.25) is 14.4 Å². The Morgan fingerprint density at radius 1 is 1.00 bits per heavy atom. The summed E-state index contributed by atoms with van der Waals surface area (Å²) < 4.78 is 11.6. The van der Waals surface area contributed by atoms with Crippen molar-refractivity contribution < 1.29 is 19.1 Å². The average molecular weight is 383 g/mol. The summed E-state index contributed by atoms with van der Waals surface area (Å²) >= 11 is 0. The van der Waals surface area contributed by atoms with Crippen LogP contribution in [-0.2, 0) is 44.9 Å². The SMILES string of the molecule is COC(=O)C1(C(=O)OC)Cc2c(c(C)n(CCc3ccccc3)c(=O)c2C)C1. The van der Waals surface area contributed by atoms with Crippen molar-refractivity contribution >= 4 is 11.9 Å². The Labute approximate surface area is 164 Å². The minimum absolute atomic E-state index is 0.0855. The van der Waals surface area contributed by atoms with E-state index >= 15 is 0 Å². The van der Waals surface area contributed by atoms with Gasteiger partial charge in [0, 0.05) is 30.6 Å². The Balaban J connectivity index is 2.03. The van der Waals surface area contributed by atoms with Gasteiger partial charge in [-0.05, 0) is 37.0 Å². The molecule has 6 nitrogen and oxygen atoms in total. The van der Waals surface area contributed by atoms with E-state index in [1.54, 1.807) is 11.5 Å². The van der Waals surface area contributed by atoms with E-state index in [2.05, 4.69) is 0 Å². The van der Waals surface area contributed by atoms with E-state index in [0.29, 0.717) is 12.1 Å². The van der Waals surface area contributed by atoms with Gasteiger partial charge in [0.05, 0.1) is 14.2 Å². The number of hydrogen-bond acceptors (Lipinski definition) is 5. The first-order chi connectivity index (χ1) is 13.4. The molecule has 0 saturated carbocycles. The molecule has 0 spiro atoms. The molecule has 0 radical (unpaired) electrons. The van der Waals surface area contributed by atoms with Crippen molar-refractivity contribution in [2.75, 3.05) is 14.2 Å². The van der Waals surface area contributed by atoms with Crippen LogP contribution in [-0.4, -0.2) is 30.7 Å². The quantitative estimate of drug-likeness (QED) is 0.584. The van der Waals surface area contributed by atoms with Crippen LogP contribution < -0.4 is 5.56 Å². The molecule has 0 aliphatic heterocycles. The molecule has 0 bridgehead atoms. The molecule has 28 heavy (non-hydrogen) atoms. The number of carbonyl (C=O) groups excluding carboxylic acids is 2. The number of carbonyl (C=O) groups is 2. The van der Waals surface area contributed by atoms with Crippen LogP contribution in [0, 0.1) is 19.3 Å². The maximum Gasteiger partial charge on any atom is 0.323 e. The van der Waals surface area contributed by atoms with Gasteiger partial charge in [-0.25, -0.2) is 0 Å². The second kappa shape index (κ2) is 7.62. The van der Waals surface area contributed by atoms with Crippen LogP contribution in [0.25, 0.3) is 0 Å². The summed E-state index contributed by atoms with van der Waals surface area (Å²) in [5.74, 6) is -1.25. The number of hydrogen-bond donors (Lipinski definition) is 0. The van der Waals surface area contributed by atoms with Crippen LogP contribution in [0.1, 0.15) is 27.9 Å². The van der Waals surface area contributed by atoms with Crippen LogP contribution in [0.15, 0.2) is 35.1 Å². The Morgan fingerprint density at radius 3 is 2.14 bits per heavy atom. The number of esters is 2. The van der Waals surface area contributed by atoms with Gasteiger partial charge in [0.25, 0.3) is 5.56 Å². The Kier molecular flexibility index (Phi) is 5.40. The molecule has 1 aliphatic carbocycles. The lowest BCUT2D eigenvalue weighted by molar-refractivity contribution is -0.168. The summed E-state index contributed by atoms with van der Waals surface area (Å²) in [5, 5.41) is 0. The Morgan fingerprint density at radius 2 is 1.57 bits per heavy atom. The molecular formula is C22H25NO5. The zero-order valence-corrected chi connectivity index (χ0v) is 16.7. The van der Waals surface area contributed by atoms with E-state index in [9.17, 15) is 14.4 Å². The maximum atomic E-state index is 13.0. The lowest BCUT2D eigenvalue weighted by Crippen LogP contribution is -2.42. The van der Waals surface area contributed by atoms with Crippen molar-refractivity contribution in [1.82, 2.24) is 4.57 Å². The van der Waals surface area contributed by atoms with E-state index in [0.717, 1.165) is 28.8 Å². The van der Waals surface area contributed by atoms with Crippen molar-refractivity contribution in [3.63, 3.8) is 0 Å². The van der Waals surface area contributed by atoms with Crippen LogP contribution in [0.2, 0.25) is 0 Å². The van der Waals surface area contributed by atoms with Crippen LogP contribution >= 0.6 is 0 Å². The number of fused-ring (bicyclic) bond motifs is 1. The summed E-state index contributed by atoms with van der Waals surface area (Å²) in [6, 6.07) is 9.96. The van der Waals surface area contributed by atoms with Crippen LogP contribution in [0.5, 0.6) is 0 Å². The highest BCUT2D eigenvalue weighted by Crippen LogP contribution is 2.41. The van der Waals surface area contributed by atoms with E-state index in [4.69, 9.17) is 9.47 Å². The van der Waals surface area contributed by atoms with Gasteiger partial charge >= 0.3 is 11.9 Å². The van der Waals surface area contributed by atoms with E-state index in [1.165, 1.54) is 14.2 Å². The fourth-order valence-electron chi connectivity index (χ4n) is 4.15. The fraction of sp³-hybridized carbons (Fsp3) is 0.409. The predicted molar refractivity (Wildman–Crippen MR) is 104 cm³/mol. The minimum atomic E-state index is -1.42. The van der Waals surface area contributed by atoms with Crippen molar-refractivity contribution in [3.05, 3.63) is 68.6 Å². The summed E-state index contributed by atoms with van der Waals surface area (Å²) in [5.41, 5.74) is 2.62. The van der Waals surface area contributed by atoms with Crippen molar-refractivity contribution in [2.24, 2.45) is 5.41 Å². The third kappa shape index (κ3) is 3.13. The number of aromatic nitrogens is 1. The largest absolute Gasteiger partial charge is 0.468 e. The number of ether oxygens (including phenoxy) is 2. The topological polar surface area (TPSA) is 74.6 Å². The fourth-order valence-corrected chi connectivity index (χ4v) is 4.15. The van der Waals surface area contributed by atoms with E-state index in [-0.39, 0.29) is 18.4 Å². The smallest absolute Gasteiger partial charge is 0.323 e. The molecule has 6 heteroatoms. The summed E-state index contributed by atoms with van der Waals surface area (Å²) in [6.07, 6.45) is 1.03. The lowest BCUT2D eigenvalue weighted by Gasteiger charge is -2.22. The maximum absolute atomic E-state index is 13.0. The van der Waals surface area contributed by atoms with E-state index < -0.39 is 17.4 Å². The van der Waals surface area contributed by atoms with Crippen molar-refractivity contribution in [1.29, 1.82) is 0 Å². The van der Waals surface area contributed by atoms with Crippen LogP contribution in [0.3, 0.4) is 0 Å². The van der Waals surface area contributed by atoms with Crippen LogP contribution in [0.4, 0.5) is 0 Å². The van der Waals surface area contributed by atoms with Gasteiger partial charge in [0.15, 0.2) is 5.41 Å². The molecule has 0 N–H and O–H groups in total. The highest BCUT2D eigenvalue weighted by Gasteiger charge is 2.53. The lowest BCUT2D eigenvalue weighted by atomic mass is 9.84. The molecule has 0 saturated heterocycles. The average Bonchev–Trinajstić information content (AvgIpc) is 3.14. The van der Waals surface area contributed by atoms with Crippen molar-refractivity contribution in [3.8, 4) is 0 Å². The van der Waals surface area contributed by atoms with Gasteiger partial charge in [0.2, 0.25) is 0 Å². The standard InChI is InChI=1S/C22H25NO5/c1-14-17-12-22(20(25)27-3,21(26)28-4)13-18(17)15(2)23(19(14)24)11-10-16-8-6-5-7-9-16/h5-9H,10-13H2,1-4H3. The van der Waals surface area contributed by atoms with Gasteiger partial charge in [-0.1, -0.05) is 30.3 Å². The highest BCUT2D eigenvalue weighted by atomic mass is 16.5. The number of pyridine rings is 1. The molecular weight excluding hydrogens is 358 g/mol. The van der Waals surface area contributed by atoms with Gasteiger partial charge < -0.3 is 14.0 Å². The first-order valence-electron chi connectivity index (χ1n) is 9.28. The number of rotatable bonds is 5. The normalized spacial score (nSPS) is 14.4. The molecule has 148 valence electrons. The summed E-state index contributed by atoms with van der Waals surface area (Å²) in [4.78, 5) is 38.0. The molecule has 3 rings (SSSR count). The number of benzene rings is 1. The van der Waals surface area contributed by atoms with Gasteiger partial charge in [-0.2, -0.15) is 0 Å². The number of nitrogens with zero attached hydrogens (tertiary/aromatic N) is 1. The molecule has 0 atom stereocenters. The first kappa shape index (κ1) is 19.9. The van der Waals surface area contributed by atoms with E-state index in [1.807, 2.05) is 37.3 Å². The number of methoxy groups -OCH3 is 2. The monoisotopic (exact) mass is 383 g/mol. The summed E-state index contributed by atoms with van der Waals surface area (Å²) in [7, 11) is 2.52. The summed E-state index contributed by atoms with van der Waals surface area (Å²) in [6.45, 7) is 4.16. The zero-order valence-electron chi connectivity index (χ0n) is 16.7. The molecule has 1 heterocycles. The Bertz CT molecular complexity index is 959. The highest BCUT2D eigenvalue weighted by molar-refractivity contribution is 6.01. The molecule has 1 aliphatic rings. The third-order valence-electron chi connectivity index (χ3n) is 5.80. The molecule has 0 fully saturated rings. The first-order valence-corrected chi connectivity index (χ1v) is 9.28. The predicted octanol–water partition coefficient (Wildman–Crippen LogP) is 2.14. The van der Waals surface area contributed by atoms with Crippen molar-refractivity contribution in [2.45, 2.75) is 39.7 Å². The molecule has 0 amide bonds. The second-order valence-corrected chi connectivity index (χ2v) is 7.28. The molecule has 2 aromatic rings. The zero-order chi connectivity index (χ0) is 20.5. The molecule has 1 aromatic carbocycles. The molecule has 0 unspecified atom stereocenters. The molecule has 1 aromatic heterocycles. The minimum Gasteiger partial charge on any atom is -0.468 e. The third-order valence-corrected chi connectivity index (χ3v) is 5.80. The van der Waals surface area contributed by atoms with Gasteiger partial charge in [0.1, 0.15) is 0 Å². The number of aryl methyl sites for hydroxylation is 1. The van der Waals surface area contributed by atoms with Gasteiger partial charge in [-0.15, -0.1) is 0 Å².